The van der Waals surface area contributed by atoms with Gasteiger partial charge < -0.3 is 30.9 Å². The topological polar surface area (TPSA) is 236 Å². The van der Waals surface area contributed by atoms with Gasteiger partial charge in [0.05, 0.1) is 18.0 Å². The molecule has 1 aromatic carbocycles. The average molecular weight is 835 g/mol. The Hall–Kier alpha value is -4.15. The number of aromatic amines is 1. The molecule has 2 aliphatic heterocycles. The molecule has 3 heterocycles. The van der Waals surface area contributed by atoms with Gasteiger partial charge in [0.25, 0.3) is 0 Å². The molecule has 2 atom stereocenters. The Labute approximate surface area is 316 Å². The van der Waals surface area contributed by atoms with Crippen LogP contribution in [0.15, 0.2) is 24.3 Å². The number of anilines is 1. The number of amides is 2. The summed E-state index contributed by atoms with van der Waals surface area (Å²) in [7, 11) is -3.21. The van der Waals surface area contributed by atoms with Crippen molar-refractivity contribution in [1.29, 1.82) is 0 Å². The van der Waals surface area contributed by atoms with Crippen LogP contribution in [0, 0.1) is 23.7 Å². The van der Waals surface area contributed by atoms with E-state index in [4.69, 9.17) is 42.2 Å². The number of rotatable bonds is 7. The van der Waals surface area contributed by atoms with Crippen LogP contribution in [0.4, 0.5) is 36.8 Å². The first-order valence-corrected chi connectivity index (χ1v) is 19.1. The van der Waals surface area contributed by atoms with Gasteiger partial charge in [-0.25, -0.2) is 32.1 Å². The molecule has 15 nitrogen and oxygen atoms in total. The quantitative estimate of drug-likeness (QED) is 0.193. The summed E-state index contributed by atoms with van der Waals surface area (Å²) < 4.78 is 89.1. The van der Waals surface area contributed by atoms with Crippen molar-refractivity contribution < 1.29 is 69.3 Å². The van der Waals surface area contributed by atoms with Gasteiger partial charge in [-0.2, -0.15) is 26.3 Å². The molecule has 3 aliphatic rings. The van der Waals surface area contributed by atoms with Crippen molar-refractivity contribution in [3.63, 3.8) is 0 Å². The van der Waals surface area contributed by atoms with E-state index in [9.17, 15) is 44.3 Å². The number of aliphatic carboxylic acids is 2. The third-order valence-corrected chi connectivity index (χ3v) is 11.3. The number of benzene rings is 1. The highest BCUT2D eigenvalue weighted by Gasteiger charge is 2.44. The van der Waals surface area contributed by atoms with E-state index < -0.39 is 40.4 Å². The Bertz CT molecular complexity index is 1740. The third kappa shape index (κ3) is 13.0. The first-order chi connectivity index (χ1) is 25.4. The number of nitrogens with two attached hydrogens (primary N) is 1. The molecule has 0 unspecified atom stereocenters. The molecule has 2 amide bonds. The van der Waals surface area contributed by atoms with E-state index in [1.807, 2.05) is 4.90 Å². The second-order valence-electron chi connectivity index (χ2n) is 13.4. The number of hydrogen-bond acceptors (Lipinski definition) is 8. The predicted octanol–water partition coefficient (Wildman–Crippen LogP) is 5.41. The molecule has 23 heteroatoms. The number of carbonyl (C=O) groups is 4. The number of nitrogens with one attached hydrogen (secondary N) is 2. The molecular weight excluding hydrogens is 794 g/mol. The third-order valence-electron chi connectivity index (χ3n) is 9.68. The van der Waals surface area contributed by atoms with Crippen LogP contribution in [-0.4, -0.2) is 112 Å². The molecule has 7 N–H and O–H groups in total. The number of aromatic nitrogens is 2. The highest BCUT2D eigenvalue weighted by molar-refractivity contribution is 7.88. The maximum absolute atomic E-state index is 14.0. The zero-order valence-electron chi connectivity index (χ0n) is 29.2. The number of carbonyl (C=O) groups excluding carboxylic acids is 1. The molecule has 2 saturated heterocycles. The Morgan fingerprint density at radius 2 is 1.42 bits per heavy atom. The van der Waals surface area contributed by atoms with Gasteiger partial charge in [0.1, 0.15) is 5.82 Å². The number of sulfonamides is 1. The minimum absolute atomic E-state index is 0.0367. The van der Waals surface area contributed by atoms with Gasteiger partial charge in [0, 0.05) is 36.8 Å². The van der Waals surface area contributed by atoms with E-state index in [0.717, 1.165) is 50.5 Å². The highest BCUT2D eigenvalue weighted by Crippen LogP contribution is 2.44. The molecule has 2 aromatic rings. The van der Waals surface area contributed by atoms with E-state index >= 15 is 0 Å². The highest BCUT2D eigenvalue weighted by atomic mass is 35.5. The fraction of sp³-hybridized carbons (Fsp3) is 0.594. The molecular formula is C32H41ClF6N6O9S. The van der Waals surface area contributed by atoms with E-state index in [1.165, 1.54) is 6.26 Å². The van der Waals surface area contributed by atoms with Crippen molar-refractivity contribution in [2.24, 2.45) is 29.4 Å². The predicted molar refractivity (Wildman–Crippen MR) is 184 cm³/mol. The summed E-state index contributed by atoms with van der Waals surface area (Å²) in [5, 5.41) is 25.8. The molecule has 1 saturated carbocycles. The van der Waals surface area contributed by atoms with Crippen LogP contribution in [-0.2, 0) is 24.4 Å². The van der Waals surface area contributed by atoms with Crippen molar-refractivity contribution in [2.75, 3.05) is 37.8 Å². The van der Waals surface area contributed by atoms with E-state index in [1.54, 1.807) is 28.6 Å². The molecule has 3 fully saturated rings. The van der Waals surface area contributed by atoms with Crippen molar-refractivity contribution >= 4 is 51.3 Å². The Balaban J connectivity index is 0.000000494. The van der Waals surface area contributed by atoms with Gasteiger partial charge in [0.2, 0.25) is 15.9 Å². The number of likely N-dealkylation sites (tertiary alicyclic amines) is 1. The SMILES string of the molecule is CS(=O)(=O)N1CCC([C@H]2C[C@@H](c3nc(Cl)c(-c4ccc(NC(=O)O)cc4)[nH]3)N(C(=O)C3CCC(CN)CC3)C2)CC1.O=C(O)C(F)(F)F.O=C(O)C(F)(F)F. The lowest BCUT2D eigenvalue weighted by molar-refractivity contribution is -0.193. The lowest BCUT2D eigenvalue weighted by Crippen LogP contribution is -2.41. The van der Waals surface area contributed by atoms with E-state index in [0.29, 0.717) is 60.4 Å². The van der Waals surface area contributed by atoms with E-state index in [2.05, 4.69) is 15.3 Å². The van der Waals surface area contributed by atoms with Crippen LogP contribution in [0.25, 0.3) is 11.3 Å². The molecule has 1 aliphatic carbocycles. The number of carboxylic acids is 2. The lowest BCUT2D eigenvalue weighted by atomic mass is 9.81. The normalized spacial score (nSPS) is 22.5. The number of carboxylic acid groups (broad SMARTS) is 3. The number of imidazole rings is 1. The zero-order valence-corrected chi connectivity index (χ0v) is 30.8. The van der Waals surface area contributed by atoms with Crippen molar-refractivity contribution in [3.8, 4) is 11.3 Å². The molecule has 0 bridgehead atoms. The van der Waals surface area contributed by atoms with Crippen molar-refractivity contribution in [2.45, 2.75) is 63.3 Å². The summed E-state index contributed by atoms with van der Waals surface area (Å²) in [6.07, 6.45) is -4.18. The molecule has 308 valence electrons. The van der Waals surface area contributed by atoms with E-state index in [-0.39, 0.29) is 23.8 Å². The fourth-order valence-electron chi connectivity index (χ4n) is 6.83. The Morgan fingerprint density at radius 3 is 1.85 bits per heavy atom. The lowest BCUT2D eigenvalue weighted by Gasteiger charge is -2.34. The van der Waals surface area contributed by atoms with Gasteiger partial charge in [0.15, 0.2) is 5.15 Å². The largest absolute Gasteiger partial charge is 0.490 e. The maximum Gasteiger partial charge on any atom is 0.490 e. The van der Waals surface area contributed by atoms with Crippen LogP contribution in [0.2, 0.25) is 5.15 Å². The number of H-pyrrole nitrogens is 1. The van der Waals surface area contributed by atoms with Crippen LogP contribution < -0.4 is 11.1 Å². The molecule has 55 heavy (non-hydrogen) atoms. The summed E-state index contributed by atoms with van der Waals surface area (Å²) in [5.41, 5.74) is 7.70. The first-order valence-electron chi connectivity index (χ1n) is 16.8. The van der Waals surface area contributed by atoms with Gasteiger partial charge in [-0.15, -0.1) is 0 Å². The monoisotopic (exact) mass is 834 g/mol. The number of nitrogens with zero attached hydrogens (tertiary/aromatic N) is 3. The van der Waals surface area contributed by atoms with Gasteiger partial charge in [-0.05, 0) is 81.4 Å². The van der Waals surface area contributed by atoms with Crippen molar-refractivity contribution in [3.05, 3.63) is 35.2 Å². The van der Waals surface area contributed by atoms with Crippen LogP contribution >= 0.6 is 11.6 Å². The standard InChI is InChI=1S/C28H39ClN6O5S.2C2HF3O2/c1-41(39,40)34-12-10-18(11-13-34)21-14-23(35(16-21)27(36)20-4-2-17(15-30)3-5-20)26-32-24(25(29)33-26)19-6-8-22(9-7-19)31-28(37)38;2*3-2(4,5)1(6)7/h6-9,17-18,20-21,23,31H,2-5,10-16,30H2,1H3,(H,32,33)(H,37,38);2*(H,6,7)/t17?,20?,21-,23-;;/m0../s1. The Morgan fingerprint density at radius 1 is 0.909 bits per heavy atom. The maximum atomic E-state index is 14.0. The number of halogens is 7. The average Bonchev–Trinajstić information content (AvgIpc) is 3.72. The fourth-order valence-corrected chi connectivity index (χ4v) is 7.95. The molecule has 1 aromatic heterocycles. The summed E-state index contributed by atoms with van der Waals surface area (Å²) >= 11 is 6.60. The number of alkyl halides is 6. The van der Waals surface area contributed by atoms with Crippen molar-refractivity contribution in [1.82, 2.24) is 19.2 Å². The van der Waals surface area contributed by atoms with Crippen LogP contribution in [0.5, 0.6) is 0 Å². The molecule has 0 spiro atoms. The second-order valence-corrected chi connectivity index (χ2v) is 15.7. The Kier molecular flexibility index (Phi) is 15.3. The minimum atomic E-state index is -5.08. The summed E-state index contributed by atoms with van der Waals surface area (Å²) in [6.45, 7) is 2.28. The van der Waals surface area contributed by atoms with Gasteiger partial charge >= 0.3 is 30.4 Å². The summed E-state index contributed by atoms with van der Waals surface area (Å²) in [5.74, 6) is -3.73. The van der Waals surface area contributed by atoms with Crippen LogP contribution in [0.1, 0.15) is 56.8 Å². The van der Waals surface area contributed by atoms with Gasteiger partial charge in [-0.3, -0.25) is 10.1 Å². The number of hydrogen-bond donors (Lipinski definition) is 6. The smallest absolute Gasteiger partial charge is 0.475 e. The second kappa shape index (κ2) is 18.7. The summed E-state index contributed by atoms with van der Waals surface area (Å²) in [4.78, 5) is 52.7. The molecule has 0 radical (unpaired) electrons. The zero-order chi connectivity index (χ0) is 41.5. The van der Waals surface area contributed by atoms with Crippen LogP contribution in [0.3, 0.4) is 0 Å². The molecule has 5 rings (SSSR count). The summed E-state index contributed by atoms with van der Waals surface area (Å²) in [6, 6.07) is 6.58. The van der Waals surface area contributed by atoms with Gasteiger partial charge in [-0.1, -0.05) is 23.7 Å². The first kappa shape index (κ1) is 45.2. The number of piperidine rings is 1. The minimum Gasteiger partial charge on any atom is -0.475 e.